The number of piperidine rings is 1. The Morgan fingerprint density at radius 1 is 1.29 bits per heavy atom. The highest BCUT2D eigenvalue weighted by atomic mass is 32.2. The summed E-state index contributed by atoms with van der Waals surface area (Å²) >= 11 is 6.79. The van der Waals surface area contributed by atoms with Crippen LogP contribution in [0.5, 0.6) is 5.75 Å². The Labute approximate surface area is 153 Å². The molecule has 0 bridgehead atoms. The zero-order valence-electron chi connectivity index (χ0n) is 14.3. The van der Waals surface area contributed by atoms with Crippen LogP contribution in [0.15, 0.2) is 24.3 Å². The lowest BCUT2D eigenvalue weighted by atomic mass is 10.00. The van der Waals surface area contributed by atoms with Crippen molar-refractivity contribution >= 4 is 34.3 Å². The van der Waals surface area contributed by atoms with Gasteiger partial charge in [0.1, 0.15) is 23.3 Å². The van der Waals surface area contributed by atoms with Gasteiger partial charge >= 0.3 is 5.97 Å². The maximum absolute atomic E-state index is 11.8. The minimum Gasteiger partial charge on any atom is -0.490 e. The number of rotatable bonds is 6. The standard InChI is InChI=1S/C18H25NO3S2/c1-14-7-9-19(10-8-14)18(23)24-13-17(20)22-12-11-21-16-6-4-3-5-15(16)2/h3-6,14H,7-13H2,1-2H3. The first-order valence-electron chi connectivity index (χ1n) is 8.32. The van der Waals surface area contributed by atoms with Crippen molar-refractivity contribution in [3.8, 4) is 5.75 Å². The van der Waals surface area contributed by atoms with Crippen LogP contribution in [0.1, 0.15) is 25.3 Å². The maximum atomic E-state index is 11.8. The van der Waals surface area contributed by atoms with Crippen molar-refractivity contribution in [1.82, 2.24) is 4.90 Å². The topological polar surface area (TPSA) is 38.8 Å². The molecule has 24 heavy (non-hydrogen) atoms. The number of esters is 1. The second-order valence-electron chi connectivity index (χ2n) is 6.06. The van der Waals surface area contributed by atoms with Crippen molar-refractivity contribution in [2.75, 3.05) is 32.1 Å². The smallest absolute Gasteiger partial charge is 0.316 e. The number of aryl methyl sites for hydroxylation is 1. The number of likely N-dealkylation sites (tertiary alicyclic amines) is 1. The lowest BCUT2D eigenvalue weighted by Gasteiger charge is -2.31. The highest BCUT2D eigenvalue weighted by Gasteiger charge is 2.19. The van der Waals surface area contributed by atoms with Gasteiger partial charge in [-0.3, -0.25) is 4.79 Å². The lowest BCUT2D eigenvalue weighted by molar-refractivity contribution is -0.141. The Bertz CT molecular complexity index is 557. The number of ether oxygens (including phenoxy) is 2. The maximum Gasteiger partial charge on any atom is 0.316 e. The van der Waals surface area contributed by atoms with Gasteiger partial charge in [-0.05, 0) is 37.3 Å². The van der Waals surface area contributed by atoms with E-state index in [1.807, 2.05) is 31.2 Å². The fraction of sp³-hybridized carbons (Fsp3) is 0.556. The fourth-order valence-electron chi connectivity index (χ4n) is 2.47. The van der Waals surface area contributed by atoms with E-state index >= 15 is 0 Å². The molecule has 0 spiro atoms. The van der Waals surface area contributed by atoms with Crippen LogP contribution in [0.3, 0.4) is 0 Å². The first kappa shape index (κ1) is 19.1. The molecule has 6 heteroatoms. The molecule has 0 N–H and O–H groups in total. The Balaban J connectivity index is 1.58. The lowest BCUT2D eigenvalue weighted by Crippen LogP contribution is -2.35. The molecule has 0 atom stereocenters. The number of hydrogen-bond donors (Lipinski definition) is 0. The molecule has 1 heterocycles. The van der Waals surface area contributed by atoms with Gasteiger partial charge in [-0.25, -0.2) is 0 Å². The van der Waals surface area contributed by atoms with Gasteiger partial charge in [0.25, 0.3) is 0 Å². The average Bonchev–Trinajstić information content (AvgIpc) is 2.58. The van der Waals surface area contributed by atoms with Crippen LogP contribution < -0.4 is 4.74 Å². The molecule has 0 aromatic heterocycles. The predicted molar refractivity (Wildman–Crippen MR) is 103 cm³/mol. The van der Waals surface area contributed by atoms with E-state index < -0.39 is 0 Å². The van der Waals surface area contributed by atoms with Gasteiger partial charge in [-0.1, -0.05) is 49.1 Å². The number of benzene rings is 1. The van der Waals surface area contributed by atoms with E-state index in [0.29, 0.717) is 6.61 Å². The molecule has 1 saturated heterocycles. The van der Waals surface area contributed by atoms with E-state index in [-0.39, 0.29) is 18.3 Å². The average molecular weight is 368 g/mol. The predicted octanol–water partition coefficient (Wildman–Crippen LogP) is 3.67. The molecular formula is C18H25NO3S2. The summed E-state index contributed by atoms with van der Waals surface area (Å²) in [4.78, 5) is 14.0. The largest absolute Gasteiger partial charge is 0.490 e. The summed E-state index contributed by atoms with van der Waals surface area (Å²) in [6, 6.07) is 7.78. The van der Waals surface area contributed by atoms with Crippen LogP contribution in [-0.4, -0.2) is 47.2 Å². The molecule has 4 nitrogen and oxygen atoms in total. The summed E-state index contributed by atoms with van der Waals surface area (Å²) in [6.07, 6.45) is 2.34. The van der Waals surface area contributed by atoms with E-state index in [0.717, 1.165) is 34.6 Å². The second-order valence-corrected chi connectivity index (χ2v) is 7.67. The summed E-state index contributed by atoms with van der Waals surface area (Å²) < 4.78 is 11.6. The summed E-state index contributed by atoms with van der Waals surface area (Å²) in [7, 11) is 0. The van der Waals surface area contributed by atoms with Crippen LogP contribution in [-0.2, 0) is 9.53 Å². The minimum atomic E-state index is -0.249. The summed E-state index contributed by atoms with van der Waals surface area (Å²) in [5, 5.41) is 0. The molecule has 1 fully saturated rings. The summed E-state index contributed by atoms with van der Waals surface area (Å²) in [5.41, 5.74) is 1.07. The van der Waals surface area contributed by atoms with Crippen LogP contribution in [0.2, 0.25) is 0 Å². The third-order valence-corrected chi connectivity index (χ3v) is 5.55. The molecule has 0 unspecified atom stereocenters. The SMILES string of the molecule is Cc1ccccc1OCCOC(=O)CSC(=S)N1CCC(C)CC1. The molecule has 1 aliphatic rings. The fourth-order valence-corrected chi connectivity index (χ4v) is 3.52. The minimum absolute atomic E-state index is 0.249. The Morgan fingerprint density at radius 2 is 2.00 bits per heavy atom. The first-order valence-corrected chi connectivity index (χ1v) is 9.71. The van der Waals surface area contributed by atoms with Gasteiger partial charge in [0.2, 0.25) is 0 Å². The summed E-state index contributed by atoms with van der Waals surface area (Å²) in [5.74, 6) is 1.60. The Morgan fingerprint density at radius 3 is 2.71 bits per heavy atom. The second kappa shape index (κ2) is 9.89. The number of para-hydroxylation sites is 1. The van der Waals surface area contributed by atoms with Crippen molar-refractivity contribution in [1.29, 1.82) is 0 Å². The van der Waals surface area contributed by atoms with E-state index in [1.165, 1.54) is 24.6 Å². The highest BCUT2D eigenvalue weighted by molar-refractivity contribution is 8.23. The van der Waals surface area contributed by atoms with Gasteiger partial charge < -0.3 is 14.4 Å². The van der Waals surface area contributed by atoms with Gasteiger partial charge in [-0.2, -0.15) is 0 Å². The molecule has 0 radical (unpaired) electrons. The molecule has 1 aliphatic heterocycles. The molecule has 0 aliphatic carbocycles. The van der Waals surface area contributed by atoms with Gasteiger partial charge in [-0.15, -0.1) is 0 Å². The van der Waals surface area contributed by atoms with Crippen molar-refractivity contribution in [3.63, 3.8) is 0 Å². The molecular weight excluding hydrogens is 342 g/mol. The first-order chi connectivity index (χ1) is 11.6. The molecule has 0 saturated carbocycles. The Kier molecular flexibility index (Phi) is 7.85. The molecule has 132 valence electrons. The zero-order chi connectivity index (χ0) is 17.4. The quantitative estimate of drug-likeness (QED) is 0.434. The number of carbonyl (C=O) groups is 1. The van der Waals surface area contributed by atoms with Crippen molar-refractivity contribution in [2.24, 2.45) is 5.92 Å². The van der Waals surface area contributed by atoms with Crippen LogP contribution >= 0.6 is 24.0 Å². The summed E-state index contributed by atoms with van der Waals surface area (Å²) in [6.45, 7) is 6.85. The number of thioether (sulfide) groups is 1. The normalized spacial score (nSPS) is 15.2. The molecule has 2 rings (SSSR count). The third-order valence-electron chi connectivity index (χ3n) is 4.05. The number of hydrogen-bond acceptors (Lipinski definition) is 5. The molecule has 1 aromatic carbocycles. The number of thiocarbonyl (C=S) groups is 1. The third kappa shape index (κ3) is 6.32. The molecule has 1 aromatic rings. The highest BCUT2D eigenvalue weighted by Crippen LogP contribution is 2.20. The van der Waals surface area contributed by atoms with E-state index in [9.17, 15) is 4.79 Å². The van der Waals surface area contributed by atoms with Crippen LogP contribution in [0.25, 0.3) is 0 Å². The van der Waals surface area contributed by atoms with Crippen molar-refractivity contribution in [3.05, 3.63) is 29.8 Å². The van der Waals surface area contributed by atoms with Gasteiger partial charge in [0.15, 0.2) is 0 Å². The van der Waals surface area contributed by atoms with Gasteiger partial charge in [0.05, 0.1) is 5.75 Å². The Hall–Kier alpha value is -1.27. The van der Waals surface area contributed by atoms with Crippen molar-refractivity contribution in [2.45, 2.75) is 26.7 Å². The monoisotopic (exact) mass is 367 g/mol. The van der Waals surface area contributed by atoms with Crippen LogP contribution in [0, 0.1) is 12.8 Å². The van der Waals surface area contributed by atoms with Crippen LogP contribution in [0.4, 0.5) is 0 Å². The van der Waals surface area contributed by atoms with E-state index in [2.05, 4.69) is 11.8 Å². The number of carbonyl (C=O) groups excluding carboxylic acids is 1. The van der Waals surface area contributed by atoms with E-state index in [1.54, 1.807) is 0 Å². The van der Waals surface area contributed by atoms with Crippen molar-refractivity contribution < 1.29 is 14.3 Å². The van der Waals surface area contributed by atoms with E-state index in [4.69, 9.17) is 21.7 Å². The number of nitrogens with zero attached hydrogens (tertiary/aromatic N) is 1. The van der Waals surface area contributed by atoms with Gasteiger partial charge in [0, 0.05) is 13.1 Å². The molecule has 0 amide bonds. The zero-order valence-corrected chi connectivity index (χ0v) is 16.0.